The minimum atomic E-state index is -1.94. The van der Waals surface area contributed by atoms with Crippen LogP contribution in [0.4, 0.5) is 9.18 Å². The summed E-state index contributed by atoms with van der Waals surface area (Å²) in [5.74, 6) is 0. The van der Waals surface area contributed by atoms with Crippen LogP contribution in [-0.2, 0) is 4.74 Å². The SMILES string of the molecule is CC(C)[Si](c1nc2c([C@@H](O)C[C@@H]3C[C@H](F)CCN3C(=O)OC(C)(C)C)cccc2s1)(C(C)C)C(C)C. The van der Waals surface area contributed by atoms with Gasteiger partial charge in [-0.1, -0.05) is 53.7 Å². The summed E-state index contributed by atoms with van der Waals surface area (Å²) in [6.07, 6.45) is -1.52. The number of hydrogen-bond acceptors (Lipinski definition) is 5. The zero-order valence-electron chi connectivity index (χ0n) is 23.5. The van der Waals surface area contributed by atoms with Crippen LogP contribution < -0.4 is 4.63 Å². The number of aliphatic hydroxyl groups is 1. The van der Waals surface area contributed by atoms with Crippen LogP contribution in [0, 0.1) is 0 Å². The van der Waals surface area contributed by atoms with Crippen molar-refractivity contribution < 1.29 is 19.0 Å². The van der Waals surface area contributed by atoms with Crippen LogP contribution >= 0.6 is 11.3 Å². The second kappa shape index (κ2) is 11.1. The van der Waals surface area contributed by atoms with E-state index in [0.717, 1.165) is 15.8 Å². The largest absolute Gasteiger partial charge is 0.444 e. The van der Waals surface area contributed by atoms with Crippen molar-refractivity contribution in [2.75, 3.05) is 6.54 Å². The highest BCUT2D eigenvalue weighted by molar-refractivity contribution is 7.31. The molecule has 1 saturated heterocycles. The number of benzene rings is 1. The lowest BCUT2D eigenvalue weighted by molar-refractivity contribution is -0.00657. The highest BCUT2D eigenvalue weighted by Crippen LogP contribution is 2.43. The molecule has 3 atom stereocenters. The van der Waals surface area contributed by atoms with E-state index in [0.29, 0.717) is 29.6 Å². The highest BCUT2D eigenvalue weighted by Gasteiger charge is 2.47. The number of piperidine rings is 1. The molecular formula is C28H45FN2O3SSi. The molecule has 2 heterocycles. The molecular weight excluding hydrogens is 491 g/mol. The molecule has 1 fully saturated rings. The van der Waals surface area contributed by atoms with E-state index >= 15 is 0 Å². The number of hydrogen-bond donors (Lipinski definition) is 1. The van der Waals surface area contributed by atoms with Gasteiger partial charge in [-0.25, -0.2) is 14.2 Å². The molecule has 1 aromatic heterocycles. The zero-order valence-corrected chi connectivity index (χ0v) is 25.3. The number of fused-ring (bicyclic) bond motifs is 1. The summed E-state index contributed by atoms with van der Waals surface area (Å²) >= 11 is 1.77. The normalized spacial score (nSPS) is 20.6. The molecule has 0 radical (unpaired) electrons. The molecule has 0 unspecified atom stereocenters. The summed E-state index contributed by atoms with van der Waals surface area (Å²) in [5, 5.41) is 11.4. The number of carbonyl (C=O) groups is 1. The fourth-order valence-corrected chi connectivity index (χ4v) is 16.0. The number of amides is 1. The maximum absolute atomic E-state index is 14.4. The fraction of sp³-hybridized carbons (Fsp3) is 0.714. The van der Waals surface area contributed by atoms with E-state index in [1.54, 1.807) is 16.2 Å². The van der Waals surface area contributed by atoms with E-state index in [9.17, 15) is 14.3 Å². The number of nitrogens with zero attached hydrogens (tertiary/aromatic N) is 2. The van der Waals surface area contributed by atoms with Crippen LogP contribution in [0.3, 0.4) is 0 Å². The number of para-hydroxylation sites is 1. The van der Waals surface area contributed by atoms with Crippen molar-refractivity contribution in [1.82, 2.24) is 9.88 Å². The molecule has 8 heteroatoms. The molecule has 0 aliphatic carbocycles. The van der Waals surface area contributed by atoms with Crippen molar-refractivity contribution >= 4 is 40.4 Å². The fourth-order valence-electron chi connectivity index (χ4n) is 6.34. The molecule has 0 bridgehead atoms. The summed E-state index contributed by atoms with van der Waals surface area (Å²) in [6, 6.07) is 5.55. The third-order valence-electron chi connectivity index (χ3n) is 7.82. The summed E-state index contributed by atoms with van der Waals surface area (Å²) in [5.41, 5.74) is 2.60. The molecule has 1 aliphatic rings. The van der Waals surface area contributed by atoms with Gasteiger partial charge in [0.1, 0.15) is 19.8 Å². The first-order valence-electron chi connectivity index (χ1n) is 13.4. The van der Waals surface area contributed by atoms with Gasteiger partial charge in [-0.2, -0.15) is 0 Å². The third kappa shape index (κ3) is 5.81. The Morgan fingerprint density at radius 1 is 1.19 bits per heavy atom. The van der Waals surface area contributed by atoms with Gasteiger partial charge in [0.2, 0.25) is 0 Å². The van der Waals surface area contributed by atoms with Gasteiger partial charge in [-0.05, 0) is 62.7 Å². The molecule has 2 aromatic rings. The van der Waals surface area contributed by atoms with Crippen LogP contribution in [0.2, 0.25) is 16.6 Å². The number of rotatable bonds is 7. The van der Waals surface area contributed by atoms with Gasteiger partial charge in [0, 0.05) is 18.2 Å². The van der Waals surface area contributed by atoms with E-state index in [1.807, 2.05) is 32.9 Å². The number of likely N-dealkylation sites (tertiary alicyclic amines) is 1. The average Bonchev–Trinajstić information content (AvgIpc) is 3.16. The lowest BCUT2D eigenvalue weighted by Gasteiger charge is -2.41. The molecule has 0 saturated carbocycles. The number of ether oxygens (including phenoxy) is 1. The van der Waals surface area contributed by atoms with Crippen molar-refractivity contribution in [3.8, 4) is 0 Å². The van der Waals surface area contributed by atoms with Gasteiger partial charge < -0.3 is 14.7 Å². The summed E-state index contributed by atoms with van der Waals surface area (Å²) < 4.78 is 22.3. The number of carbonyl (C=O) groups excluding carboxylic acids is 1. The van der Waals surface area contributed by atoms with Gasteiger partial charge in [0.25, 0.3) is 0 Å². The topological polar surface area (TPSA) is 62.7 Å². The first-order chi connectivity index (χ1) is 16.7. The second-order valence-corrected chi connectivity index (χ2v) is 19.5. The third-order valence-corrected chi connectivity index (χ3v) is 16.6. The van der Waals surface area contributed by atoms with Crippen molar-refractivity contribution in [2.45, 2.75) is 122 Å². The quantitative estimate of drug-likeness (QED) is 0.376. The Labute approximate surface area is 221 Å². The van der Waals surface area contributed by atoms with Crippen molar-refractivity contribution in [2.24, 2.45) is 0 Å². The number of thiazole rings is 1. The van der Waals surface area contributed by atoms with Crippen molar-refractivity contribution in [1.29, 1.82) is 0 Å². The number of halogens is 1. The number of aromatic nitrogens is 1. The predicted molar refractivity (Wildman–Crippen MR) is 151 cm³/mol. The molecule has 1 N–H and O–H groups in total. The Balaban J connectivity index is 1.96. The molecule has 5 nitrogen and oxygen atoms in total. The maximum Gasteiger partial charge on any atom is 0.410 e. The monoisotopic (exact) mass is 536 g/mol. The maximum atomic E-state index is 14.4. The molecule has 202 valence electrons. The van der Waals surface area contributed by atoms with E-state index in [-0.39, 0.29) is 12.8 Å². The second-order valence-electron chi connectivity index (χ2n) is 12.3. The van der Waals surface area contributed by atoms with E-state index in [2.05, 4.69) is 47.6 Å². The van der Waals surface area contributed by atoms with Crippen molar-refractivity contribution in [3.63, 3.8) is 0 Å². The first-order valence-corrected chi connectivity index (χ1v) is 16.4. The number of alkyl halides is 1. The Kier molecular flexibility index (Phi) is 8.94. The average molecular weight is 537 g/mol. The van der Waals surface area contributed by atoms with Gasteiger partial charge in [-0.15, -0.1) is 11.3 Å². The molecule has 1 amide bonds. The van der Waals surface area contributed by atoms with Crippen LogP contribution in [0.15, 0.2) is 18.2 Å². The van der Waals surface area contributed by atoms with Crippen LogP contribution in [0.5, 0.6) is 0 Å². The summed E-state index contributed by atoms with van der Waals surface area (Å²) in [4.78, 5) is 19.7. The van der Waals surface area contributed by atoms with E-state index < -0.39 is 38.1 Å². The van der Waals surface area contributed by atoms with E-state index in [1.165, 1.54) is 4.63 Å². The highest BCUT2D eigenvalue weighted by atomic mass is 32.1. The smallest absolute Gasteiger partial charge is 0.410 e. The summed E-state index contributed by atoms with van der Waals surface area (Å²) in [6.45, 7) is 19.7. The van der Waals surface area contributed by atoms with Gasteiger partial charge >= 0.3 is 6.09 Å². The molecule has 1 aliphatic heterocycles. The molecule has 36 heavy (non-hydrogen) atoms. The Bertz CT molecular complexity index is 1030. The summed E-state index contributed by atoms with van der Waals surface area (Å²) in [7, 11) is -1.94. The van der Waals surface area contributed by atoms with E-state index in [4.69, 9.17) is 9.72 Å². The van der Waals surface area contributed by atoms with Crippen LogP contribution in [-0.4, -0.2) is 53.5 Å². The van der Waals surface area contributed by atoms with Gasteiger partial charge in [-0.3, -0.25) is 0 Å². The Morgan fingerprint density at radius 2 is 1.81 bits per heavy atom. The van der Waals surface area contributed by atoms with Crippen molar-refractivity contribution in [3.05, 3.63) is 23.8 Å². The standard InChI is InChI=1S/C28H45FN2O3SSi/c1-17(2)36(18(3)4,19(5)6)26-30-25-22(11-10-12-24(25)35-26)23(32)16-21-15-20(29)13-14-31(21)27(33)34-28(7,8)9/h10-12,17-21,23,32H,13-16H2,1-9H3/t20-,21+,23+/m1/s1. The molecule has 3 rings (SSSR count). The van der Waals surface area contributed by atoms with Gasteiger partial charge in [0.05, 0.1) is 21.0 Å². The Hall–Kier alpha value is -1.51. The Morgan fingerprint density at radius 3 is 2.36 bits per heavy atom. The van der Waals surface area contributed by atoms with Crippen LogP contribution in [0.1, 0.15) is 93.2 Å². The predicted octanol–water partition coefficient (Wildman–Crippen LogP) is 7.34. The lowest BCUT2D eigenvalue weighted by atomic mass is 9.93. The minimum absolute atomic E-state index is 0.207. The molecule has 0 spiro atoms. The number of aliphatic hydroxyl groups excluding tert-OH is 1. The minimum Gasteiger partial charge on any atom is -0.444 e. The first kappa shape index (κ1) is 29.0. The lowest BCUT2D eigenvalue weighted by Crippen LogP contribution is -2.55. The van der Waals surface area contributed by atoms with Gasteiger partial charge in [0.15, 0.2) is 0 Å². The van der Waals surface area contributed by atoms with Crippen LogP contribution in [0.25, 0.3) is 10.2 Å². The molecule has 1 aromatic carbocycles. The zero-order chi connectivity index (χ0) is 27.0.